The Morgan fingerprint density at radius 1 is 0.747 bits per heavy atom. The van der Waals surface area contributed by atoms with Gasteiger partial charge in [-0.05, 0) is 120 Å². The summed E-state index contributed by atoms with van der Waals surface area (Å²) in [6.45, 7) is 11.2. The van der Waals surface area contributed by atoms with Gasteiger partial charge < -0.3 is 54.5 Å². The highest BCUT2D eigenvalue weighted by molar-refractivity contribution is 7.22. The Kier molecular flexibility index (Phi) is 21.3. The highest BCUT2D eigenvalue weighted by Crippen LogP contribution is 2.42. The molecule has 21 heteroatoms. The van der Waals surface area contributed by atoms with Crippen molar-refractivity contribution in [1.29, 1.82) is 0 Å². The van der Waals surface area contributed by atoms with Gasteiger partial charge in [-0.15, -0.1) is 22.7 Å². The highest BCUT2D eigenvalue weighted by atomic mass is 32.1. The van der Waals surface area contributed by atoms with Gasteiger partial charge in [0.1, 0.15) is 42.5 Å². The summed E-state index contributed by atoms with van der Waals surface area (Å²) in [6.07, 6.45) is 0.682. The predicted octanol–water partition coefficient (Wildman–Crippen LogP) is 8.22. The number of phenolic OH excluding ortho intramolecular Hbond substituents is 2. The van der Waals surface area contributed by atoms with Crippen LogP contribution in [-0.2, 0) is 33.3 Å². The van der Waals surface area contributed by atoms with Crippen molar-refractivity contribution >= 4 is 68.4 Å². The standard InChI is InChI=1S/C62H68N6O13S2/c1-38(41-8-12-43(13-9-41)56-39(2)63-37-82-56)65-60(75)51-32-48(71)35-68(51)61(76)58(62(3,4)5)66-53(72)36-80-29-28-78-25-24-77-26-27-79-30-31-81-49-21-6-40(7-22-49)34-64-67-59(74)45-14-10-42(11-15-45)55(73)54-50-23-20-47(70)33-52(50)83-57(54)44-16-18-46(69)19-17-44/h6-23,33-34,37-38,48,51,58,69-71H,24-32,35-36H2,1-5H3,(H,65,75)(H,66,72)(H,67,74)/b64-34+/t38-,48+,51-,58+/m0/s1. The zero-order valence-corrected chi connectivity index (χ0v) is 48.4. The molecule has 8 rings (SSSR count). The highest BCUT2D eigenvalue weighted by Gasteiger charge is 2.45. The van der Waals surface area contributed by atoms with Crippen LogP contribution < -0.4 is 20.8 Å². The maximum absolute atomic E-state index is 14.0. The molecule has 0 aliphatic carbocycles. The average molecular weight is 1170 g/mol. The first kappa shape index (κ1) is 61.2. The Morgan fingerprint density at radius 3 is 1.99 bits per heavy atom. The van der Waals surface area contributed by atoms with Crippen molar-refractivity contribution in [2.45, 2.75) is 65.3 Å². The number of rotatable bonds is 27. The van der Waals surface area contributed by atoms with Crippen molar-refractivity contribution in [3.63, 3.8) is 0 Å². The van der Waals surface area contributed by atoms with Crippen LogP contribution in [0.3, 0.4) is 0 Å². The van der Waals surface area contributed by atoms with Gasteiger partial charge in [-0.2, -0.15) is 5.10 Å². The van der Waals surface area contributed by atoms with Gasteiger partial charge in [0.2, 0.25) is 17.7 Å². The van der Waals surface area contributed by atoms with E-state index in [9.17, 15) is 39.3 Å². The summed E-state index contributed by atoms with van der Waals surface area (Å²) in [5.74, 6) is -1.25. The largest absolute Gasteiger partial charge is 0.508 e. The Labute approximate surface area is 489 Å². The molecule has 0 spiro atoms. The number of nitrogens with one attached hydrogen (secondary N) is 3. The molecule has 3 heterocycles. The number of aliphatic hydroxyl groups excluding tert-OH is 1. The molecule has 436 valence electrons. The molecule has 7 aromatic rings. The second-order valence-electron chi connectivity index (χ2n) is 20.8. The SMILES string of the molecule is Cc1ncsc1-c1ccc([C@H](C)NC(=O)[C@@H]2C[C@@H](O)CN2C(=O)[C@@H](NC(=O)COCCOCCOCCOCCOc2ccc(/C=N/NC(=O)c3ccc(C(=O)c4c(-c5ccc(O)cc5)sc5cc(O)ccc45)cc3)cc2)C(C)(C)C)cc1. The molecule has 1 aliphatic heterocycles. The third-order valence-corrected chi connectivity index (χ3v) is 15.8. The number of aryl methyl sites for hydroxylation is 1. The van der Waals surface area contributed by atoms with E-state index in [-0.39, 0.29) is 62.0 Å². The van der Waals surface area contributed by atoms with Gasteiger partial charge >= 0.3 is 0 Å². The van der Waals surface area contributed by atoms with Crippen molar-refractivity contribution in [3.8, 4) is 38.1 Å². The summed E-state index contributed by atoms with van der Waals surface area (Å²) in [4.78, 5) is 75.0. The van der Waals surface area contributed by atoms with Gasteiger partial charge in [-0.1, -0.05) is 57.2 Å². The van der Waals surface area contributed by atoms with E-state index >= 15 is 0 Å². The summed E-state index contributed by atoms with van der Waals surface area (Å²) < 4.78 is 28.8. The smallest absolute Gasteiger partial charge is 0.271 e. The minimum absolute atomic E-state index is 0.0364. The fourth-order valence-corrected chi connectivity index (χ4v) is 11.2. The van der Waals surface area contributed by atoms with Crippen LogP contribution in [-0.4, -0.2) is 145 Å². The molecule has 4 atom stereocenters. The van der Waals surface area contributed by atoms with E-state index < -0.39 is 41.3 Å². The Hall–Kier alpha value is -7.89. The molecule has 0 radical (unpaired) electrons. The van der Waals surface area contributed by atoms with E-state index in [1.54, 1.807) is 96.3 Å². The number of β-amino-alcohol motifs (C(OH)–C–C–N with tert-alkyl or cyclic N) is 1. The topological polar surface area (TPSA) is 257 Å². The number of thiophene rings is 1. The number of aromatic nitrogens is 1. The predicted molar refractivity (Wildman–Crippen MR) is 317 cm³/mol. The Morgan fingerprint density at radius 2 is 1.35 bits per heavy atom. The molecule has 1 saturated heterocycles. The molecule has 5 aromatic carbocycles. The summed E-state index contributed by atoms with van der Waals surface area (Å²) in [5, 5.41) is 41.1. The number of carbonyl (C=O) groups is 5. The number of carbonyl (C=O) groups excluding carboxylic acids is 5. The Balaban J connectivity index is 0.657. The van der Waals surface area contributed by atoms with Gasteiger partial charge in [0.25, 0.3) is 5.91 Å². The van der Waals surface area contributed by atoms with Crippen molar-refractivity contribution < 1.29 is 63.0 Å². The van der Waals surface area contributed by atoms with Crippen molar-refractivity contribution in [3.05, 3.63) is 154 Å². The van der Waals surface area contributed by atoms with E-state index in [4.69, 9.17) is 23.7 Å². The number of aromatic hydroxyl groups is 2. The number of likely N-dealkylation sites (tertiary alicyclic amines) is 1. The molecule has 83 heavy (non-hydrogen) atoms. The lowest BCUT2D eigenvalue weighted by molar-refractivity contribution is -0.144. The quantitative estimate of drug-likeness (QED) is 0.0123. The van der Waals surface area contributed by atoms with Gasteiger partial charge in [-0.25, -0.2) is 10.4 Å². The number of hydrogen-bond acceptors (Lipinski definition) is 17. The molecule has 0 unspecified atom stereocenters. The lowest BCUT2D eigenvalue weighted by Crippen LogP contribution is -2.58. The normalized spacial score (nSPS) is 15.1. The molecule has 1 aliphatic rings. The minimum atomic E-state index is -0.990. The number of phenols is 2. The van der Waals surface area contributed by atoms with Gasteiger partial charge in [0.05, 0.1) is 80.7 Å². The second kappa shape index (κ2) is 28.9. The first-order chi connectivity index (χ1) is 39.9. The molecule has 4 amide bonds. The number of thiazole rings is 1. The number of benzene rings is 5. The summed E-state index contributed by atoms with van der Waals surface area (Å²) >= 11 is 2.93. The zero-order chi connectivity index (χ0) is 59.0. The second-order valence-corrected chi connectivity index (χ2v) is 22.7. The van der Waals surface area contributed by atoms with E-state index in [1.807, 2.05) is 64.4 Å². The molecular formula is C62H68N6O13S2. The van der Waals surface area contributed by atoms with Crippen LogP contribution in [0.1, 0.15) is 83.3 Å². The number of fused-ring (bicyclic) bond motifs is 1. The molecule has 6 N–H and O–H groups in total. The fraction of sp³-hybridized carbons (Fsp3) is 0.339. The first-order valence-corrected chi connectivity index (χ1v) is 28.8. The summed E-state index contributed by atoms with van der Waals surface area (Å²) in [7, 11) is 0. The number of ether oxygens (including phenoxy) is 5. The van der Waals surface area contributed by atoms with Crippen LogP contribution in [0.2, 0.25) is 0 Å². The number of aliphatic hydroxyl groups is 1. The average Bonchev–Trinajstić information content (AvgIpc) is 4.36. The third-order valence-electron chi connectivity index (χ3n) is 13.6. The van der Waals surface area contributed by atoms with Crippen LogP contribution in [0.25, 0.3) is 31.0 Å². The lowest BCUT2D eigenvalue weighted by Gasteiger charge is -2.35. The van der Waals surface area contributed by atoms with Crippen molar-refractivity contribution in [2.24, 2.45) is 10.5 Å². The van der Waals surface area contributed by atoms with Gasteiger partial charge in [0, 0.05) is 44.6 Å². The molecule has 19 nitrogen and oxygen atoms in total. The van der Waals surface area contributed by atoms with Crippen LogP contribution in [0.4, 0.5) is 0 Å². The van der Waals surface area contributed by atoms with E-state index in [1.165, 1.54) is 28.5 Å². The molecule has 0 bridgehead atoms. The van der Waals surface area contributed by atoms with Crippen molar-refractivity contribution in [1.82, 2.24) is 25.9 Å². The Bertz CT molecular complexity index is 3360. The van der Waals surface area contributed by atoms with E-state index in [0.29, 0.717) is 72.3 Å². The maximum Gasteiger partial charge on any atom is 0.271 e. The number of amides is 4. The molecule has 0 saturated carbocycles. The monoisotopic (exact) mass is 1170 g/mol. The van der Waals surface area contributed by atoms with Gasteiger partial charge in [-0.3, -0.25) is 24.0 Å². The third kappa shape index (κ3) is 16.7. The number of nitrogens with zero attached hydrogens (tertiary/aromatic N) is 3. The fourth-order valence-electron chi connectivity index (χ4n) is 9.19. The van der Waals surface area contributed by atoms with Gasteiger partial charge in [0.15, 0.2) is 5.78 Å². The number of hydrogen-bond donors (Lipinski definition) is 6. The van der Waals surface area contributed by atoms with Crippen molar-refractivity contribution in [2.75, 3.05) is 66.0 Å². The van der Waals surface area contributed by atoms with E-state index in [2.05, 4.69) is 26.1 Å². The summed E-state index contributed by atoms with van der Waals surface area (Å²) in [6, 6.07) is 30.5. The van der Waals surface area contributed by atoms with Crippen LogP contribution in [0.5, 0.6) is 17.2 Å². The van der Waals surface area contributed by atoms with Crippen LogP contribution in [0, 0.1) is 12.3 Å². The van der Waals surface area contributed by atoms with Crippen LogP contribution in [0.15, 0.2) is 126 Å². The molecule has 1 fully saturated rings. The lowest BCUT2D eigenvalue weighted by atomic mass is 9.85. The number of ketones is 1. The number of hydrazone groups is 1. The molecule has 2 aromatic heterocycles. The zero-order valence-electron chi connectivity index (χ0n) is 46.8. The summed E-state index contributed by atoms with van der Waals surface area (Å²) in [5.41, 5.74) is 9.09. The van der Waals surface area contributed by atoms with Crippen LogP contribution >= 0.6 is 22.7 Å². The minimum Gasteiger partial charge on any atom is -0.508 e. The maximum atomic E-state index is 14.0. The molecular weight excluding hydrogens is 1100 g/mol. The first-order valence-electron chi connectivity index (χ1n) is 27.1. The van der Waals surface area contributed by atoms with E-state index in [0.717, 1.165) is 37.5 Å².